The van der Waals surface area contributed by atoms with Crippen LogP contribution in [-0.4, -0.2) is 142 Å². The van der Waals surface area contributed by atoms with Crippen molar-refractivity contribution in [1.29, 1.82) is 0 Å². The number of allylic oxidation sites excluding steroid dienone is 4. The lowest BCUT2D eigenvalue weighted by molar-refractivity contribution is -0.332. The molecule has 2 heterocycles. The summed E-state index contributed by atoms with van der Waals surface area (Å²) in [5.74, 6) is -0.369. The van der Waals surface area contributed by atoms with Crippen molar-refractivity contribution in [2.75, 3.05) is 33.0 Å². The zero-order valence-corrected chi connectivity index (χ0v) is 53.2. The highest BCUT2D eigenvalue weighted by atomic mass is 16.7. The molecule has 2 aliphatic rings. The maximum Gasteiger partial charge on any atom is 0.306 e. The minimum atomic E-state index is -1.71. The Hall–Kier alpha value is -1.53. The van der Waals surface area contributed by atoms with Gasteiger partial charge in [-0.2, -0.15) is 0 Å². The van der Waals surface area contributed by atoms with E-state index in [9.17, 15) is 40.5 Å². The molecule has 2 fully saturated rings. The summed E-state index contributed by atoms with van der Waals surface area (Å²) in [6.07, 6.45) is 51.1. The number of rotatable bonds is 59. The van der Waals surface area contributed by atoms with Gasteiger partial charge in [-0.05, 0) is 44.9 Å². The molecule has 0 aliphatic carbocycles. The molecule has 2 aliphatic heterocycles. The van der Waals surface area contributed by atoms with E-state index >= 15 is 0 Å². The second-order valence-electron chi connectivity index (χ2n) is 24.7. The number of hydrogen-bond donors (Lipinski definition) is 7. The number of esters is 1. The van der Waals surface area contributed by atoms with Gasteiger partial charge in [-0.15, -0.1) is 0 Å². The van der Waals surface area contributed by atoms with E-state index in [4.69, 9.17) is 28.4 Å². The standard InChI is InChI=1S/C69H130O14/c1-3-5-7-9-11-13-15-17-19-21-23-25-27-29-30-32-34-36-38-40-42-44-46-48-50-52-61(71)81-58(56-79-68-67(77)65(75)63(73)60(83-68)57-80-69-66(76)64(74)62(72)59(54-70)82-69)55-78-53-51-49-47-45-43-41-39-37-35-33-31-28-26-24-22-20-18-16-14-12-10-8-6-4-2/h15,17,21,23,58-60,62-70,72-77H,3-14,16,18-20,22,24-57H2,1-2H3/b17-15-,23-21-. The molecule has 2 saturated heterocycles. The van der Waals surface area contributed by atoms with Crippen LogP contribution in [0.3, 0.4) is 0 Å². The van der Waals surface area contributed by atoms with E-state index in [-0.39, 0.29) is 25.6 Å². The number of hydrogen-bond acceptors (Lipinski definition) is 14. The summed E-state index contributed by atoms with van der Waals surface area (Å²) < 4.78 is 34.6. The minimum Gasteiger partial charge on any atom is -0.457 e. The van der Waals surface area contributed by atoms with Crippen LogP contribution in [0.15, 0.2) is 24.3 Å². The second kappa shape index (κ2) is 55.8. The number of aliphatic hydroxyl groups is 7. The Morgan fingerprint density at radius 1 is 0.398 bits per heavy atom. The molecule has 0 spiro atoms. The Balaban J connectivity index is 1.63. The lowest BCUT2D eigenvalue weighted by Gasteiger charge is -2.42. The Morgan fingerprint density at radius 2 is 0.747 bits per heavy atom. The average molecular weight is 1180 g/mol. The van der Waals surface area contributed by atoms with Crippen molar-refractivity contribution in [3.05, 3.63) is 24.3 Å². The van der Waals surface area contributed by atoms with Gasteiger partial charge < -0.3 is 64.2 Å². The van der Waals surface area contributed by atoms with E-state index in [2.05, 4.69) is 38.2 Å². The van der Waals surface area contributed by atoms with Gasteiger partial charge in [0.05, 0.1) is 26.4 Å². The van der Waals surface area contributed by atoms with Crippen molar-refractivity contribution in [1.82, 2.24) is 0 Å². The van der Waals surface area contributed by atoms with Crippen LogP contribution in [0.2, 0.25) is 0 Å². The molecule has 11 unspecified atom stereocenters. The first-order valence-electron chi connectivity index (χ1n) is 34.9. The third-order valence-corrected chi connectivity index (χ3v) is 17.0. The predicted molar refractivity (Wildman–Crippen MR) is 335 cm³/mol. The Morgan fingerprint density at radius 3 is 1.16 bits per heavy atom. The summed E-state index contributed by atoms with van der Waals surface area (Å²) in [6.45, 7) is 3.76. The monoisotopic (exact) mass is 1180 g/mol. The van der Waals surface area contributed by atoms with Crippen LogP contribution in [-0.2, 0) is 33.2 Å². The van der Waals surface area contributed by atoms with Gasteiger partial charge in [-0.3, -0.25) is 4.79 Å². The fraction of sp³-hybridized carbons (Fsp3) is 0.928. The van der Waals surface area contributed by atoms with Crippen LogP contribution in [0.25, 0.3) is 0 Å². The molecule has 0 amide bonds. The summed E-state index contributed by atoms with van der Waals surface area (Å²) in [5.41, 5.74) is 0. The third kappa shape index (κ3) is 41.3. The van der Waals surface area contributed by atoms with Gasteiger partial charge in [0, 0.05) is 13.0 Å². The van der Waals surface area contributed by atoms with Crippen molar-refractivity contribution in [2.24, 2.45) is 0 Å². The van der Waals surface area contributed by atoms with E-state index in [1.807, 2.05) is 0 Å². The maximum absolute atomic E-state index is 13.2. The van der Waals surface area contributed by atoms with Crippen LogP contribution in [0.4, 0.5) is 0 Å². The van der Waals surface area contributed by atoms with Crippen LogP contribution < -0.4 is 0 Å². The van der Waals surface area contributed by atoms with Crippen LogP contribution >= 0.6 is 0 Å². The van der Waals surface area contributed by atoms with Crippen molar-refractivity contribution in [2.45, 2.75) is 377 Å². The molecule has 11 atom stereocenters. The molecule has 0 aromatic rings. The Labute approximate surface area is 507 Å². The van der Waals surface area contributed by atoms with Crippen molar-refractivity contribution < 1.29 is 69.0 Å². The summed E-state index contributed by atoms with van der Waals surface area (Å²) in [4.78, 5) is 13.2. The van der Waals surface area contributed by atoms with E-state index in [1.165, 1.54) is 238 Å². The highest BCUT2D eigenvalue weighted by molar-refractivity contribution is 5.69. The molecular formula is C69H130O14. The summed E-state index contributed by atoms with van der Waals surface area (Å²) in [6, 6.07) is 0. The quantitative estimate of drug-likeness (QED) is 0.0171. The molecule has 490 valence electrons. The number of unbranched alkanes of at least 4 members (excludes halogenated alkanes) is 41. The number of ether oxygens (including phenoxy) is 6. The van der Waals surface area contributed by atoms with Crippen LogP contribution in [0.5, 0.6) is 0 Å². The second-order valence-corrected chi connectivity index (χ2v) is 24.7. The fourth-order valence-corrected chi connectivity index (χ4v) is 11.4. The topological polar surface area (TPSA) is 214 Å². The molecule has 0 bridgehead atoms. The lowest BCUT2D eigenvalue weighted by atomic mass is 9.98. The van der Waals surface area contributed by atoms with Crippen molar-refractivity contribution >= 4 is 5.97 Å². The van der Waals surface area contributed by atoms with Gasteiger partial charge in [0.1, 0.15) is 54.9 Å². The summed E-state index contributed by atoms with van der Waals surface area (Å²) >= 11 is 0. The highest BCUT2D eigenvalue weighted by Gasteiger charge is 2.47. The molecule has 0 aromatic heterocycles. The third-order valence-electron chi connectivity index (χ3n) is 17.0. The van der Waals surface area contributed by atoms with Gasteiger partial charge in [0.15, 0.2) is 12.6 Å². The number of carbonyl (C=O) groups is 1. The molecule has 14 nitrogen and oxygen atoms in total. The zero-order valence-electron chi connectivity index (χ0n) is 53.2. The SMILES string of the molecule is CCCCCCC/C=C\C/C=C\CCCCCCCCCCCCCCCC(=O)OC(COCCCCCCCCCCCCCCCCCCCCCCCCCC)COC1OC(COC2OC(CO)C(O)C(O)C2O)C(O)C(O)C1O. The first kappa shape index (κ1) is 77.6. The molecule has 83 heavy (non-hydrogen) atoms. The van der Waals surface area contributed by atoms with Gasteiger partial charge in [-0.1, -0.05) is 282 Å². The molecule has 0 saturated carbocycles. The summed E-state index contributed by atoms with van der Waals surface area (Å²) in [5, 5.41) is 72.6. The predicted octanol–water partition coefficient (Wildman–Crippen LogP) is 14.7. The average Bonchev–Trinajstić information content (AvgIpc) is 3.67. The molecule has 14 heteroatoms. The van der Waals surface area contributed by atoms with E-state index in [0.29, 0.717) is 13.0 Å². The Kier molecular flexibility index (Phi) is 52.1. The van der Waals surface area contributed by atoms with Crippen molar-refractivity contribution in [3.8, 4) is 0 Å². The van der Waals surface area contributed by atoms with Gasteiger partial charge >= 0.3 is 5.97 Å². The normalized spacial score (nSPS) is 23.5. The highest BCUT2D eigenvalue weighted by Crippen LogP contribution is 2.27. The van der Waals surface area contributed by atoms with Gasteiger partial charge in [0.2, 0.25) is 0 Å². The fourth-order valence-electron chi connectivity index (χ4n) is 11.4. The molecule has 2 rings (SSSR count). The van der Waals surface area contributed by atoms with E-state index in [0.717, 1.165) is 44.9 Å². The van der Waals surface area contributed by atoms with Crippen LogP contribution in [0, 0.1) is 0 Å². The largest absolute Gasteiger partial charge is 0.457 e. The lowest BCUT2D eigenvalue weighted by Crippen LogP contribution is -2.61. The first-order valence-corrected chi connectivity index (χ1v) is 34.9. The molecule has 0 aromatic carbocycles. The van der Waals surface area contributed by atoms with Crippen LogP contribution in [0.1, 0.15) is 309 Å². The number of aliphatic hydroxyl groups excluding tert-OH is 7. The van der Waals surface area contributed by atoms with Gasteiger partial charge in [0.25, 0.3) is 0 Å². The van der Waals surface area contributed by atoms with Gasteiger partial charge in [-0.25, -0.2) is 0 Å². The molecular weight excluding hydrogens is 1050 g/mol. The zero-order chi connectivity index (χ0) is 60.1. The first-order chi connectivity index (χ1) is 40.6. The maximum atomic E-state index is 13.2. The van der Waals surface area contributed by atoms with Crippen molar-refractivity contribution in [3.63, 3.8) is 0 Å². The van der Waals surface area contributed by atoms with E-state index < -0.39 is 80.7 Å². The molecule has 0 radical (unpaired) electrons. The summed E-state index contributed by atoms with van der Waals surface area (Å²) in [7, 11) is 0. The Bertz CT molecular complexity index is 1470. The smallest absolute Gasteiger partial charge is 0.306 e. The van der Waals surface area contributed by atoms with E-state index in [1.54, 1.807) is 0 Å². The minimum absolute atomic E-state index is 0.0674. The number of carbonyl (C=O) groups excluding carboxylic acids is 1. The molecule has 7 N–H and O–H groups in total.